The number of rotatable bonds is 3. The maximum absolute atomic E-state index is 11.5. The van der Waals surface area contributed by atoms with Crippen molar-refractivity contribution in [3.8, 4) is 0 Å². The third kappa shape index (κ3) is 1.88. The molecule has 0 bridgehead atoms. The minimum absolute atomic E-state index is 0.317. The minimum atomic E-state index is -1.79. The number of aromatic amines is 1. The first-order valence-electron chi connectivity index (χ1n) is 6.00. The molecule has 2 heterocycles. The van der Waals surface area contributed by atoms with Crippen molar-refractivity contribution in [1.82, 2.24) is 4.98 Å². The Bertz CT molecular complexity index is 778. The van der Waals surface area contributed by atoms with Crippen LogP contribution in [0.4, 0.5) is 0 Å². The number of aliphatic carboxylic acids is 2. The van der Waals surface area contributed by atoms with E-state index in [0.717, 1.165) is 0 Å². The van der Waals surface area contributed by atoms with Gasteiger partial charge in [-0.25, -0.2) is 0 Å². The summed E-state index contributed by atoms with van der Waals surface area (Å²) in [5, 5.41) is 34.3. The second kappa shape index (κ2) is 4.51. The molecule has 1 aliphatic heterocycles. The van der Waals surface area contributed by atoms with Crippen LogP contribution in [0.3, 0.4) is 0 Å². The molecule has 3 rings (SSSR count). The molecule has 0 saturated carbocycles. The Labute approximate surface area is 117 Å². The molecule has 2 aromatic rings. The summed E-state index contributed by atoms with van der Waals surface area (Å²) in [6, 6.07) is 6.87. The van der Waals surface area contributed by atoms with E-state index in [2.05, 4.69) is 9.82 Å². The molecule has 0 spiro atoms. The summed E-state index contributed by atoms with van der Waals surface area (Å²) in [6.07, 6.45) is -0.286. The zero-order valence-corrected chi connectivity index (χ0v) is 10.4. The van der Waals surface area contributed by atoms with Crippen molar-refractivity contribution in [1.29, 1.82) is 0 Å². The van der Waals surface area contributed by atoms with Gasteiger partial charge in [-0.05, 0) is 11.6 Å². The zero-order chi connectivity index (χ0) is 15.1. The predicted octanol–water partition coefficient (Wildman–Crippen LogP) is -1.98. The fourth-order valence-corrected chi connectivity index (χ4v) is 2.52. The number of nitrogens with one attached hydrogen (secondary N) is 1. The van der Waals surface area contributed by atoms with Gasteiger partial charge in [0.2, 0.25) is 0 Å². The van der Waals surface area contributed by atoms with Gasteiger partial charge in [0.1, 0.15) is 18.0 Å². The van der Waals surface area contributed by atoms with Crippen molar-refractivity contribution in [3.05, 3.63) is 41.2 Å². The fourth-order valence-electron chi connectivity index (χ4n) is 2.52. The Kier molecular flexibility index (Phi) is 2.79. The zero-order valence-electron chi connectivity index (χ0n) is 10.4. The lowest BCUT2D eigenvalue weighted by molar-refractivity contribution is -0.738. The Morgan fingerprint density at radius 1 is 1.24 bits per heavy atom. The fraction of sp³-hybridized carbons (Fsp3) is 0.154. The lowest BCUT2D eigenvalue weighted by Crippen LogP contribution is -2.43. The number of carbonyl (C=O) groups is 2. The van der Waals surface area contributed by atoms with Crippen molar-refractivity contribution < 1.29 is 29.5 Å². The van der Waals surface area contributed by atoms with Crippen LogP contribution in [0.15, 0.2) is 30.5 Å². The number of carboxylic acids is 2. The molecule has 1 aromatic heterocycles. The van der Waals surface area contributed by atoms with Crippen LogP contribution in [0.1, 0.15) is 11.5 Å². The summed E-state index contributed by atoms with van der Waals surface area (Å²) in [7, 11) is 0. The van der Waals surface area contributed by atoms with Gasteiger partial charge in [-0.3, -0.25) is 5.21 Å². The molecule has 2 atom stereocenters. The van der Waals surface area contributed by atoms with E-state index in [4.69, 9.17) is 0 Å². The van der Waals surface area contributed by atoms with E-state index in [-0.39, 0.29) is 4.90 Å². The average Bonchev–Trinajstić information content (AvgIpc) is 2.99. The number of benzene rings is 1. The SMILES string of the molecule is O=C([O-])C1=[N+]([O-])O[C@H](C(=O)[O-])[C@H]1c1c[nH]c2ccccc12. The van der Waals surface area contributed by atoms with E-state index in [0.29, 0.717) is 16.5 Å². The lowest BCUT2D eigenvalue weighted by Gasteiger charge is -2.19. The van der Waals surface area contributed by atoms with E-state index in [1.54, 1.807) is 24.3 Å². The van der Waals surface area contributed by atoms with E-state index < -0.39 is 29.7 Å². The van der Waals surface area contributed by atoms with Crippen LogP contribution in [0.5, 0.6) is 0 Å². The second-order valence-electron chi connectivity index (χ2n) is 4.54. The molecule has 21 heavy (non-hydrogen) atoms. The van der Waals surface area contributed by atoms with Crippen LogP contribution < -0.4 is 10.2 Å². The van der Waals surface area contributed by atoms with Crippen molar-refractivity contribution in [2.24, 2.45) is 0 Å². The number of aromatic nitrogens is 1. The van der Waals surface area contributed by atoms with E-state index in [1.807, 2.05) is 0 Å². The summed E-state index contributed by atoms with van der Waals surface area (Å²) < 4.78 is 0. The van der Waals surface area contributed by atoms with Crippen molar-refractivity contribution in [2.75, 3.05) is 0 Å². The minimum Gasteiger partial charge on any atom is -0.549 e. The molecule has 0 radical (unpaired) electrons. The third-order valence-corrected chi connectivity index (χ3v) is 3.40. The molecule has 108 valence electrons. The highest BCUT2D eigenvalue weighted by Gasteiger charge is 2.43. The van der Waals surface area contributed by atoms with Gasteiger partial charge in [0, 0.05) is 22.0 Å². The predicted molar refractivity (Wildman–Crippen MR) is 64.6 cm³/mol. The van der Waals surface area contributed by atoms with Gasteiger partial charge in [-0.15, -0.1) is 0 Å². The van der Waals surface area contributed by atoms with Crippen LogP contribution in [0, 0.1) is 5.21 Å². The standard InChI is InChI=1S/C13H10N2O6/c16-12(17)10-9(11(13(18)19)21-15(10)20)7-5-14-8-4-2-1-3-6(7)8/h1-5,9,11,14H,(H,16,17)(H,18,19)/p-2/t9-,11-/m0/s1. The van der Waals surface area contributed by atoms with Gasteiger partial charge in [0.25, 0.3) is 5.71 Å². The number of nitrogens with zero attached hydrogens (tertiary/aromatic N) is 1. The highest BCUT2D eigenvalue weighted by molar-refractivity contribution is 6.35. The molecule has 1 aromatic carbocycles. The van der Waals surface area contributed by atoms with Gasteiger partial charge in [0.05, 0.1) is 5.97 Å². The number of carbonyl (C=O) groups excluding carboxylic acids is 2. The molecule has 0 amide bonds. The van der Waals surface area contributed by atoms with Crippen LogP contribution in [-0.4, -0.2) is 33.6 Å². The van der Waals surface area contributed by atoms with Crippen LogP contribution in [-0.2, 0) is 14.4 Å². The third-order valence-electron chi connectivity index (χ3n) is 3.40. The summed E-state index contributed by atoms with van der Waals surface area (Å²) in [5.41, 5.74) is 0.193. The summed E-state index contributed by atoms with van der Waals surface area (Å²) in [4.78, 5) is 29.3. The Morgan fingerprint density at radius 2 is 1.95 bits per heavy atom. The number of fused-ring (bicyclic) bond motifs is 1. The maximum Gasteiger partial charge on any atom is 0.276 e. The Hall–Kier alpha value is -3.03. The van der Waals surface area contributed by atoms with E-state index in [9.17, 15) is 25.0 Å². The van der Waals surface area contributed by atoms with E-state index in [1.165, 1.54) is 6.20 Å². The first-order valence-corrected chi connectivity index (χ1v) is 6.00. The smallest absolute Gasteiger partial charge is 0.276 e. The van der Waals surface area contributed by atoms with Gasteiger partial charge >= 0.3 is 0 Å². The van der Waals surface area contributed by atoms with Crippen molar-refractivity contribution in [3.63, 3.8) is 0 Å². The van der Waals surface area contributed by atoms with Crippen LogP contribution in [0.25, 0.3) is 10.9 Å². The number of carboxylic acid groups (broad SMARTS) is 2. The quantitative estimate of drug-likeness (QED) is 0.651. The highest BCUT2D eigenvalue weighted by atomic mass is 16.9. The molecular formula is C13H8N2O6-2. The summed E-state index contributed by atoms with van der Waals surface area (Å²) in [5.74, 6) is -4.78. The van der Waals surface area contributed by atoms with Gasteiger partial charge < -0.3 is 29.6 Å². The lowest BCUT2D eigenvalue weighted by atomic mass is 9.89. The molecule has 0 aliphatic carbocycles. The van der Waals surface area contributed by atoms with Crippen molar-refractivity contribution in [2.45, 2.75) is 12.0 Å². The molecule has 0 unspecified atom stereocenters. The molecule has 0 saturated heterocycles. The van der Waals surface area contributed by atoms with Gasteiger partial charge in [0.15, 0.2) is 0 Å². The van der Waals surface area contributed by atoms with E-state index >= 15 is 0 Å². The number of H-pyrrole nitrogens is 1. The summed E-state index contributed by atoms with van der Waals surface area (Å²) in [6.45, 7) is 0. The first kappa shape index (κ1) is 13.0. The molecule has 1 N–H and O–H groups in total. The monoisotopic (exact) mass is 288 g/mol. The van der Waals surface area contributed by atoms with Gasteiger partial charge in [-0.2, -0.15) is 0 Å². The Morgan fingerprint density at radius 3 is 2.62 bits per heavy atom. The second-order valence-corrected chi connectivity index (χ2v) is 4.54. The topological polar surface area (TPSA) is 131 Å². The van der Waals surface area contributed by atoms with Crippen molar-refractivity contribution >= 4 is 28.6 Å². The maximum atomic E-state index is 11.5. The highest BCUT2D eigenvalue weighted by Crippen LogP contribution is 2.33. The molecule has 8 heteroatoms. The number of hydrogen-bond acceptors (Lipinski definition) is 6. The number of hydrogen-bond donors (Lipinski definition) is 1. The molecular weight excluding hydrogens is 280 g/mol. The number of para-hydroxylation sites is 1. The van der Waals surface area contributed by atoms with Gasteiger partial charge in [-0.1, -0.05) is 18.2 Å². The normalized spacial score (nSPS) is 21.5. The molecule has 8 nitrogen and oxygen atoms in total. The molecule has 0 fully saturated rings. The Balaban J connectivity index is 2.20. The van der Waals surface area contributed by atoms with Crippen LogP contribution >= 0.6 is 0 Å². The summed E-state index contributed by atoms with van der Waals surface area (Å²) >= 11 is 0. The first-order chi connectivity index (χ1) is 10.0. The van der Waals surface area contributed by atoms with Crippen LogP contribution in [0.2, 0.25) is 0 Å². The average molecular weight is 288 g/mol. The molecule has 1 aliphatic rings. The largest absolute Gasteiger partial charge is 0.549 e.